The molecule has 0 amide bonds. The first kappa shape index (κ1) is 17.5. The quantitative estimate of drug-likeness (QED) is 0.414. The van der Waals surface area contributed by atoms with Crippen molar-refractivity contribution in [3.05, 3.63) is 42.0 Å². The maximum atomic E-state index is 5.84. The van der Waals surface area contributed by atoms with E-state index in [4.69, 9.17) is 9.47 Å². The van der Waals surface area contributed by atoms with E-state index < -0.39 is 8.80 Å². The second-order valence-corrected chi connectivity index (χ2v) is 9.38. The van der Waals surface area contributed by atoms with Crippen LogP contribution in [-0.2, 0) is 22.3 Å². The van der Waals surface area contributed by atoms with Crippen LogP contribution in [-0.4, -0.2) is 28.3 Å². The fourth-order valence-electron chi connectivity index (χ4n) is 3.02. The highest BCUT2D eigenvalue weighted by molar-refractivity contribution is 6.71. The predicted molar refractivity (Wildman–Crippen MR) is 96.7 cm³/mol. The zero-order valence-electron chi connectivity index (χ0n) is 14.1. The van der Waals surface area contributed by atoms with Crippen LogP contribution in [0, 0.1) is 0 Å². The van der Waals surface area contributed by atoms with Gasteiger partial charge in [0.1, 0.15) is 0 Å². The van der Waals surface area contributed by atoms with Crippen molar-refractivity contribution in [2.75, 3.05) is 13.2 Å². The lowest BCUT2D eigenvalue weighted by atomic mass is 10.1. The summed E-state index contributed by atoms with van der Waals surface area (Å²) in [5.74, 6) is 0. The number of benzene rings is 1. The average molecular weight is 319 g/mol. The Kier molecular flexibility index (Phi) is 7.36. The first-order chi connectivity index (χ1) is 10.7. The van der Waals surface area contributed by atoms with Crippen LogP contribution in [0.15, 0.2) is 30.9 Å². The molecule has 2 rings (SSSR count). The molecule has 0 aliphatic carbocycles. The topological polar surface area (TPSA) is 18.5 Å². The minimum absolute atomic E-state index is 0.0441. The second kappa shape index (κ2) is 9.28. The number of hydrogen-bond acceptors (Lipinski definition) is 2. The lowest BCUT2D eigenvalue weighted by Gasteiger charge is -2.22. The summed E-state index contributed by atoms with van der Waals surface area (Å²) >= 11 is 0. The van der Waals surface area contributed by atoms with E-state index in [-0.39, 0.29) is 6.29 Å². The molecule has 0 saturated carbocycles. The number of hydrogen-bond donors (Lipinski definition) is 0. The first-order valence-electron chi connectivity index (χ1n) is 8.66. The number of rotatable bonds is 8. The molecule has 1 atom stereocenters. The van der Waals surface area contributed by atoms with E-state index in [1.54, 1.807) is 5.19 Å². The summed E-state index contributed by atoms with van der Waals surface area (Å²) in [6, 6.07) is 6.97. The van der Waals surface area contributed by atoms with Gasteiger partial charge in [0.2, 0.25) is 0 Å². The Morgan fingerprint density at radius 2 is 2.23 bits per heavy atom. The van der Waals surface area contributed by atoms with Crippen molar-refractivity contribution >= 4 is 14.0 Å². The molecular weight excluding hydrogens is 288 g/mol. The first-order valence-corrected chi connectivity index (χ1v) is 11.5. The molecule has 0 aromatic heterocycles. The fraction of sp³-hybridized carbons (Fsp3) is 0.579. The number of ether oxygens (including phenoxy) is 2. The molecule has 0 bridgehead atoms. The Bertz CT molecular complexity index is 465. The standard InChI is InChI=1S/C19H30O2Si/c1-4-8-16-11-12-17(18(15-16)22(2)3)9-7-14-21-19-10-5-6-13-20-19/h4,11-12,15,19,22H,1,5-10,13-14H2,2-3H3. The molecule has 1 heterocycles. The van der Waals surface area contributed by atoms with Crippen molar-refractivity contribution in [3.8, 4) is 0 Å². The van der Waals surface area contributed by atoms with Crippen molar-refractivity contribution in [3.63, 3.8) is 0 Å². The monoisotopic (exact) mass is 318 g/mol. The minimum atomic E-state index is -0.800. The number of aryl methyl sites for hydroxylation is 1. The molecule has 1 aromatic carbocycles. The van der Waals surface area contributed by atoms with Gasteiger partial charge in [0.15, 0.2) is 6.29 Å². The Morgan fingerprint density at radius 3 is 2.91 bits per heavy atom. The molecule has 1 saturated heterocycles. The second-order valence-electron chi connectivity index (χ2n) is 6.45. The summed E-state index contributed by atoms with van der Waals surface area (Å²) in [6.07, 6.45) is 8.66. The Morgan fingerprint density at radius 1 is 1.36 bits per heavy atom. The molecule has 1 unspecified atom stereocenters. The van der Waals surface area contributed by atoms with Crippen molar-refractivity contribution < 1.29 is 9.47 Å². The molecule has 1 aliphatic heterocycles. The number of allylic oxidation sites excluding steroid dienone is 1. The van der Waals surface area contributed by atoms with Crippen LogP contribution in [0.4, 0.5) is 0 Å². The SMILES string of the molecule is C=CCc1ccc(CCCOC2CCCCO2)c([SiH](C)C)c1. The van der Waals surface area contributed by atoms with Gasteiger partial charge in [-0.1, -0.05) is 42.6 Å². The average Bonchev–Trinajstić information content (AvgIpc) is 2.53. The summed E-state index contributed by atoms with van der Waals surface area (Å²) < 4.78 is 11.5. The fourth-order valence-corrected chi connectivity index (χ4v) is 4.55. The van der Waals surface area contributed by atoms with Crippen LogP contribution in [0.1, 0.15) is 36.8 Å². The van der Waals surface area contributed by atoms with E-state index in [1.807, 2.05) is 6.08 Å². The Labute approximate surface area is 137 Å². The molecule has 1 fully saturated rings. The van der Waals surface area contributed by atoms with Crippen molar-refractivity contribution in [1.82, 2.24) is 0 Å². The van der Waals surface area contributed by atoms with E-state index in [0.29, 0.717) is 0 Å². The van der Waals surface area contributed by atoms with Crippen LogP contribution < -0.4 is 5.19 Å². The van der Waals surface area contributed by atoms with Gasteiger partial charge in [0, 0.05) is 6.61 Å². The van der Waals surface area contributed by atoms with Crippen molar-refractivity contribution in [2.45, 2.75) is 57.9 Å². The van der Waals surface area contributed by atoms with Crippen molar-refractivity contribution in [2.24, 2.45) is 0 Å². The van der Waals surface area contributed by atoms with Gasteiger partial charge < -0.3 is 9.47 Å². The van der Waals surface area contributed by atoms with Gasteiger partial charge >= 0.3 is 0 Å². The van der Waals surface area contributed by atoms with Crippen LogP contribution in [0.2, 0.25) is 13.1 Å². The molecular formula is C19H30O2Si. The van der Waals surface area contributed by atoms with E-state index in [9.17, 15) is 0 Å². The van der Waals surface area contributed by atoms with Gasteiger partial charge in [-0.25, -0.2) is 0 Å². The molecule has 3 heteroatoms. The lowest BCUT2D eigenvalue weighted by Crippen LogP contribution is -2.28. The molecule has 0 spiro atoms. The molecule has 1 aromatic rings. The predicted octanol–water partition coefficient (Wildman–Crippen LogP) is 3.58. The van der Waals surface area contributed by atoms with E-state index in [2.05, 4.69) is 37.9 Å². The van der Waals surface area contributed by atoms with Crippen LogP contribution >= 0.6 is 0 Å². The third-order valence-electron chi connectivity index (χ3n) is 4.24. The summed E-state index contributed by atoms with van der Waals surface area (Å²) in [5.41, 5.74) is 2.91. The Hall–Kier alpha value is -0.903. The van der Waals surface area contributed by atoms with E-state index in [1.165, 1.54) is 24.0 Å². The summed E-state index contributed by atoms with van der Waals surface area (Å²) in [7, 11) is -0.800. The van der Waals surface area contributed by atoms with Crippen LogP contribution in [0.3, 0.4) is 0 Å². The van der Waals surface area contributed by atoms with Crippen LogP contribution in [0.25, 0.3) is 0 Å². The maximum Gasteiger partial charge on any atom is 0.157 e. The third kappa shape index (κ3) is 5.38. The maximum absolute atomic E-state index is 5.84. The molecule has 2 nitrogen and oxygen atoms in total. The summed E-state index contributed by atoms with van der Waals surface area (Å²) in [5, 5.41) is 1.60. The molecule has 0 radical (unpaired) electrons. The molecule has 122 valence electrons. The highest BCUT2D eigenvalue weighted by atomic mass is 28.3. The zero-order chi connectivity index (χ0) is 15.8. The highest BCUT2D eigenvalue weighted by Crippen LogP contribution is 2.14. The van der Waals surface area contributed by atoms with Crippen LogP contribution in [0.5, 0.6) is 0 Å². The Balaban J connectivity index is 1.84. The normalized spacial score (nSPS) is 18.6. The molecule has 0 N–H and O–H groups in total. The van der Waals surface area contributed by atoms with Gasteiger partial charge in [-0.3, -0.25) is 0 Å². The molecule has 22 heavy (non-hydrogen) atoms. The van der Waals surface area contributed by atoms with Gasteiger partial charge in [0.05, 0.1) is 15.4 Å². The van der Waals surface area contributed by atoms with Gasteiger partial charge in [-0.2, -0.15) is 0 Å². The lowest BCUT2D eigenvalue weighted by molar-refractivity contribution is -0.162. The van der Waals surface area contributed by atoms with Gasteiger partial charge in [-0.15, -0.1) is 6.58 Å². The largest absolute Gasteiger partial charge is 0.353 e. The van der Waals surface area contributed by atoms with E-state index in [0.717, 1.165) is 38.9 Å². The molecule has 1 aliphatic rings. The zero-order valence-corrected chi connectivity index (χ0v) is 15.3. The minimum Gasteiger partial charge on any atom is -0.353 e. The summed E-state index contributed by atoms with van der Waals surface area (Å²) in [4.78, 5) is 0. The highest BCUT2D eigenvalue weighted by Gasteiger charge is 2.14. The van der Waals surface area contributed by atoms with E-state index >= 15 is 0 Å². The van der Waals surface area contributed by atoms with Gasteiger partial charge in [-0.05, 0) is 49.7 Å². The third-order valence-corrected chi connectivity index (χ3v) is 6.03. The van der Waals surface area contributed by atoms with Crippen molar-refractivity contribution in [1.29, 1.82) is 0 Å². The van der Waals surface area contributed by atoms with Gasteiger partial charge in [0.25, 0.3) is 0 Å². The summed E-state index contributed by atoms with van der Waals surface area (Å²) in [6.45, 7) is 10.3. The smallest absolute Gasteiger partial charge is 0.157 e.